The van der Waals surface area contributed by atoms with Gasteiger partial charge in [0.25, 0.3) is 0 Å². The van der Waals surface area contributed by atoms with Crippen LogP contribution in [0.4, 0.5) is 5.13 Å². The third-order valence-electron chi connectivity index (χ3n) is 2.94. The lowest BCUT2D eigenvalue weighted by molar-refractivity contribution is -0.120. The molecule has 5 heteroatoms. The number of anilines is 1. The Labute approximate surface area is 99.5 Å². The lowest BCUT2D eigenvalue weighted by Crippen LogP contribution is -2.21. The number of nitrogens with one attached hydrogen (secondary N) is 2. The predicted molar refractivity (Wildman–Crippen MR) is 65.4 cm³/mol. The normalized spacial score (nSPS) is 14.2. The molecule has 2 heterocycles. The van der Waals surface area contributed by atoms with Gasteiger partial charge in [0.15, 0.2) is 5.13 Å². The third-order valence-corrected chi connectivity index (χ3v) is 3.96. The van der Waals surface area contributed by atoms with Gasteiger partial charge < -0.3 is 10.6 Å². The van der Waals surface area contributed by atoms with Gasteiger partial charge in [-0.2, -0.15) is 0 Å². The van der Waals surface area contributed by atoms with Crippen molar-refractivity contribution < 1.29 is 4.79 Å². The van der Waals surface area contributed by atoms with Crippen molar-refractivity contribution in [3.8, 4) is 0 Å². The maximum Gasteiger partial charge on any atom is 0.229 e. The van der Waals surface area contributed by atoms with Crippen molar-refractivity contribution >= 4 is 22.4 Å². The molecule has 0 aromatic carbocycles. The number of hydrogen-bond acceptors (Lipinski definition) is 4. The zero-order chi connectivity index (χ0) is 11.5. The molecule has 2 N–H and O–H groups in total. The Hall–Kier alpha value is -0.940. The van der Waals surface area contributed by atoms with E-state index >= 15 is 0 Å². The molecule has 88 valence electrons. The fraction of sp³-hybridized carbons (Fsp3) is 0.636. The molecular formula is C11H17N3OS. The van der Waals surface area contributed by atoms with E-state index in [0.717, 1.165) is 36.8 Å². The van der Waals surface area contributed by atoms with Gasteiger partial charge in [-0.05, 0) is 12.8 Å². The maximum atomic E-state index is 11.8. The molecule has 0 saturated carbocycles. The second kappa shape index (κ2) is 4.93. The minimum atomic E-state index is 0.102. The van der Waals surface area contributed by atoms with Gasteiger partial charge in [-0.3, -0.25) is 4.79 Å². The minimum Gasteiger partial charge on any atom is -0.306 e. The highest BCUT2D eigenvalue weighted by molar-refractivity contribution is 7.15. The van der Waals surface area contributed by atoms with Crippen LogP contribution in [0.5, 0.6) is 0 Å². The monoisotopic (exact) mass is 239 g/mol. The van der Waals surface area contributed by atoms with E-state index in [9.17, 15) is 4.79 Å². The van der Waals surface area contributed by atoms with Crippen molar-refractivity contribution in [1.82, 2.24) is 10.3 Å². The Morgan fingerprint density at radius 3 is 2.88 bits per heavy atom. The molecule has 16 heavy (non-hydrogen) atoms. The average Bonchev–Trinajstić information content (AvgIpc) is 2.79. The first kappa shape index (κ1) is 11.5. The highest BCUT2D eigenvalue weighted by Gasteiger charge is 2.19. The zero-order valence-corrected chi connectivity index (χ0v) is 10.5. The van der Waals surface area contributed by atoms with E-state index in [1.165, 1.54) is 4.88 Å². The molecule has 0 fully saturated rings. The Morgan fingerprint density at radius 2 is 2.25 bits per heavy atom. The highest BCUT2D eigenvalue weighted by atomic mass is 32.1. The van der Waals surface area contributed by atoms with E-state index in [1.54, 1.807) is 11.3 Å². The molecule has 1 aromatic rings. The van der Waals surface area contributed by atoms with Crippen LogP contribution in [0.1, 0.15) is 37.3 Å². The molecule has 0 radical (unpaired) electrons. The summed E-state index contributed by atoms with van der Waals surface area (Å²) in [5.74, 6) is 0.210. The Balaban J connectivity index is 2.01. The van der Waals surface area contributed by atoms with Crippen molar-refractivity contribution in [3.63, 3.8) is 0 Å². The summed E-state index contributed by atoms with van der Waals surface area (Å²) in [4.78, 5) is 17.5. The van der Waals surface area contributed by atoms with Crippen LogP contribution in [0, 0.1) is 5.92 Å². The van der Waals surface area contributed by atoms with Crippen LogP contribution in [0.25, 0.3) is 0 Å². The topological polar surface area (TPSA) is 54.0 Å². The van der Waals surface area contributed by atoms with Gasteiger partial charge in [0, 0.05) is 23.9 Å². The summed E-state index contributed by atoms with van der Waals surface area (Å²) >= 11 is 1.58. The van der Waals surface area contributed by atoms with Crippen molar-refractivity contribution in [2.75, 3.05) is 5.32 Å². The van der Waals surface area contributed by atoms with Crippen molar-refractivity contribution in [1.29, 1.82) is 0 Å². The smallest absolute Gasteiger partial charge is 0.229 e. The molecule has 1 amide bonds. The van der Waals surface area contributed by atoms with Crippen LogP contribution in [-0.2, 0) is 17.9 Å². The molecule has 4 nitrogen and oxygen atoms in total. The first-order valence-corrected chi connectivity index (χ1v) is 6.56. The van der Waals surface area contributed by atoms with E-state index in [0.29, 0.717) is 0 Å². The summed E-state index contributed by atoms with van der Waals surface area (Å²) in [7, 11) is 0. The van der Waals surface area contributed by atoms with Crippen molar-refractivity contribution in [3.05, 3.63) is 10.6 Å². The first-order chi connectivity index (χ1) is 7.74. The fourth-order valence-electron chi connectivity index (χ4n) is 1.87. The Morgan fingerprint density at radius 1 is 1.50 bits per heavy atom. The third kappa shape index (κ3) is 2.25. The molecular weight excluding hydrogens is 222 g/mol. The van der Waals surface area contributed by atoms with Crippen LogP contribution < -0.4 is 10.6 Å². The molecule has 0 bridgehead atoms. The number of rotatable bonds is 4. The number of carbonyl (C=O) groups is 1. The SMILES string of the molecule is CCC(CC)C(=O)Nc1nc2c(s1)CNC2. The van der Waals surface area contributed by atoms with Crippen LogP contribution in [0.3, 0.4) is 0 Å². The van der Waals surface area contributed by atoms with E-state index in [2.05, 4.69) is 15.6 Å². The number of carbonyl (C=O) groups excluding carboxylic acids is 1. The minimum absolute atomic E-state index is 0.102. The van der Waals surface area contributed by atoms with Gasteiger partial charge in [0.05, 0.1) is 5.69 Å². The average molecular weight is 239 g/mol. The predicted octanol–water partition coefficient (Wildman–Crippen LogP) is 2.12. The molecule has 0 atom stereocenters. The van der Waals surface area contributed by atoms with E-state index in [-0.39, 0.29) is 11.8 Å². The summed E-state index contributed by atoms with van der Waals surface area (Å²) in [5, 5.41) is 6.90. The summed E-state index contributed by atoms with van der Waals surface area (Å²) in [6.07, 6.45) is 1.77. The molecule has 0 aliphatic carbocycles. The molecule has 0 saturated heterocycles. The highest BCUT2D eigenvalue weighted by Crippen LogP contribution is 2.26. The Bertz CT molecular complexity index is 363. The molecule has 0 spiro atoms. The van der Waals surface area contributed by atoms with Crippen molar-refractivity contribution in [2.45, 2.75) is 39.8 Å². The van der Waals surface area contributed by atoms with E-state index < -0.39 is 0 Å². The number of aromatic nitrogens is 1. The molecule has 2 rings (SSSR count). The number of amides is 1. The second-order valence-electron chi connectivity index (χ2n) is 4.00. The molecule has 1 aliphatic rings. The Kier molecular flexibility index (Phi) is 3.56. The zero-order valence-electron chi connectivity index (χ0n) is 9.67. The standard InChI is InChI=1S/C11H17N3OS/c1-3-7(4-2)10(15)14-11-13-8-5-12-6-9(8)16-11/h7,12H,3-6H2,1-2H3,(H,13,14,15). The van der Waals surface area contributed by atoms with Crippen LogP contribution in [0.2, 0.25) is 0 Å². The molecule has 0 unspecified atom stereocenters. The van der Waals surface area contributed by atoms with Gasteiger partial charge >= 0.3 is 0 Å². The quantitative estimate of drug-likeness (QED) is 0.846. The van der Waals surface area contributed by atoms with Crippen LogP contribution >= 0.6 is 11.3 Å². The lowest BCUT2D eigenvalue weighted by Gasteiger charge is -2.10. The number of fused-ring (bicyclic) bond motifs is 1. The van der Waals surface area contributed by atoms with E-state index in [4.69, 9.17) is 0 Å². The van der Waals surface area contributed by atoms with Gasteiger partial charge in [-0.15, -0.1) is 11.3 Å². The summed E-state index contributed by atoms with van der Waals surface area (Å²) in [6, 6.07) is 0. The van der Waals surface area contributed by atoms with Gasteiger partial charge in [0.2, 0.25) is 5.91 Å². The van der Waals surface area contributed by atoms with Gasteiger partial charge in [0.1, 0.15) is 0 Å². The maximum absolute atomic E-state index is 11.8. The second-order valence-corrected chi connectivity index (χ2v) is 5.08. The number of nitrogens with zero attached hydrogens (tertiary/aromatic N) is 1. The van der Waals surface area contributed by atoms with Crippen LogP contribution in [-0.4, -0.2) is 10.9 Å². The fourth-order valence-corrected chi connectivity index (χ4v) is 2.83. The molecule has 1 aromatic heterocycles. The largest absolute Gasteiger partial charge is 0.306 e. The summed E-state index contributed by atoms with van der Waals surface area (Å²) in [5.41, 5.74) is 1.09. The van der Waals surface area contributed by atoms with Gasteiger partial charge in [-0.1, -0.05) is 13.8 Å². The van der Waals surface area contributed by atoms with Gasteiger partial charge in [-0.25, -0.2) is 4.98 Å². The summed E-state index contributed by atoms with van der Waals surface area (Å²) in [6.45, 7) is 5.79. The number of thiazole rings is 1. The molecule has 1 aliphatic heterocycles. The first-order valence-electron chi connectivity index (χ1n) is 5.74. The van der Waals surface area contributed by atoms with Crippen molar-refractivity contribution in [2.24, 2.45) is 5.92 Å². The lowest BCUT2D eigenvalue weighted by atomic mass is 10.0. The number of hydrogen-bond donors (Lipinski definition) is 2. The summed E-state index contributed by atoms with van der Waals surface area (Å²) < 4.78 is 0. The van der Waals surface area contributed by atoms with Crippen LogP contribution in [0.15, 0.2) is 0 Å². The van der Waals surface area contributed by atoms with E-state index in [1.807, 2.05) is 13.8 Å².